The van der Waals surface area contributed by atoms with Gasteiger partial charge in [0.05, 0.1) is 21.8 Å². The second-order valence-electron chi connectivity index (χ2n) is 9.79. The summed E-state index contributed by atoms with van der Waals surface area (Å²) in [5.74, 6) is -2.75. The van der Waals surface area contributed by atoms with E-state index in [0.717, 1.165) is 5.56 Å². The van der Waals surface area contributed by atoms with E-state index in [1.54, 1.807) is 17.5 Å². The third-order valence-corrected chi connectivity index (χ3v) is 7.51. The lowest BCUT2D eigenvalue weighted by molar-refractivity contribution is -0.121. The molecule has 0 spiro atoms. The Bertz CT molecular complexity index is 1680. The molecule has 0 saturated carbocycles. The number of carbonyl (C=O) groups excluding carboxylic acids is 3. The summed E-state index contributed by atoms with van der Waals surface area (Å²) in [7, 11) is -4.11. The molecular formula is C29H30N4O6S. The van der Waals surface area contributed by atoms with Gasteiger partial charge in [-0.25, -0.2) is 17.7 Å². The molecule has 208 valence electrons. The van der Waals surface area contributed by atoms with Crippen molar-refractivity contribution in [1.29, 1.82) is 0 Å². The van der Waals surface area contributed by atoms with Crippen LogP contribution in [-0.2, 0) is 32.5 Å². The Morgan fingerprint density at radius 3 is 2.25 bits per heavy atom. The molecule has 2 aromatic carbocycles. The summed E-state index contributed by atoms with van der Waals surface area (Å²) in [5, 5.41) is 4.62. The van der Waals surface area contributed by atoms with Crippen molar-refractivity contribution in [3.05, 3.63) is 94.8 Å². The summed E-state index contributed by atoms with van der Waals surface area (Å²) < 4.78 is 34.5. The Hall–Kier alpha value is -4.51. The van der Waals surface area contributed by atoms with Crippen LogP contribution >= 0.6 is 0 Å². The highest BCUT2D eigenvalue weighted by Crippen LogP contribution is 2.34. The van der Waals surface area contributed by atoms with Gasteiger partial charge in [0.15, 0.2) is 6.61 Å². The number of primary amides is 1. The maximum atomic E-state index is 13.2. The van der Waals surface area contributed by atoms with Crippen LogP contribution in [0.2, 0.25) is 0 Å². The highest BCUT2D eigenvalue weighted by molar-refractivity contribution is 7.90. The average molecular weight is 563 g/mol. The van der Waals surface area contributed by atoms with Gasteiger partial charge in [0.1, 0.15) is 11.3 Å². The number of amides is 2. The third-order valence-electron chi connectivity index (χ3n) is 6.12. The molecule has 10 nitrogen and oxygen atoms in total. The van der Waals surface area contributed by atoms with Crippen molar-refractivity contribution in [3.8, 4) is 5.75 Å². The molecule has 3 N–H and O–H groups in total. The number of rotatable bonds is 11. The number of aryl methyl sites for hydroxylation is 1. The molecule has 0 unspecified atom stereocenters. The van der Waals surface area contributed by atoms with Crippen LogP contribution in [0.5, 0.6) is 5.75 Å². The van der Waals surface area contributed by atoms with Crippen molar-refractivity contribution < 1.29 is 27.5 Å². The SMILES string of the molecule is Cc1cc(OCC(=O)NS(=O)(=O)c2ccccc2)c2c(C(=O)C(N)=O)c(CC(C)C)c(Cc3ccccc3)n2n1. The maximum absolute atomic E-state index is 13.2. The van der Waals surface area contributed by atoms with Crippen molar-refractivity contribution in [2.45, 2.75) is 38.5 Å². The molecule has 0 aliphatic carbocycles. The minimum atomic E-state index is -4.11. The van der Waals surface area contributed by atoms with Crippen molar-refractivity contribution >= 4 is 33.1 Å². The highest BCUT2D eigenvalue weighted by atomic mass is 32.2. The van der Waals surface area contributed by atoms with Gasteiger partial charge in [-0.3, -0.25) is 14.4 Å². The van der Waals surface area contributed by atoms with Gasteiger partial charge in [-0.2, -0.15) is 5.10 Å². The number of benzene rings is 2. The maximum Gasteiger partial charge on any atom is 0.289 e. The smallest absolute Gasteiger partial charge is 0.289 e. The average Bonchev–Trinajstić information content (AvgIpc) is 3.19. The van der Waals surface area contributed by atoms with Crippen LogP contribution in [-0.4, -0.2) is 42.2 Å². The number of sulfonamides is 1. The van der Waals surface area contributed by atoms with E-state index < -0.39 is 34.2 Å². The van der Waals surface area contributed by atoms with E-state index >= 15 is 0 Å². The quantitative estimate of drug-likeness (QED) is 0.211. The summed E-state index contributed by atoms with van der Waals surface area (Å²) in [6.07, 6.45) is 0.857. The summed E-state index contributed by atoms with van der Waals surface area (Å²) in [6, 6.07) is 18.6. The topological polar surface area (TPSA) is 150 Å². The first-order valence-electron chi connectivity index (χ1n) is 12.6. The summed E-state index contributed by atoms with van der Waals surface area (Å²) in [5.41, 5.74) is 8.48. The van der Waals surface area contributed by atoms with E-state index in [4.69, 9.17) is 10.5 Å². The zero-order chi connectivity index (χ0) is 29.0. The highest BCUT2D eigenvalue weighted by Gasteiger charge is 2.30. The fourth-order valence-corrected chi connectivity index (χ4v) is 5.49. The number of Topliss-reactive ketones (excluding diaryl/α,β-unsaturated/α-hetero) is 1. The number of ether oxygens (including phenoxy) is 1. The number of hydrogen-bond donors (Lipinski definition) is 2. The summed E-state index contributed by atoms with van der Waals surface area (Å²) >= 11 is 0. The van der Waals surface area contributed by atoms with Crippen molar-refractivity contribution in [3.63, 3.8) is 0 Å². The predicted molar refractivity (Wildman–Crippen MR) is 149 cm³/mol. The fraction of sp³-hybridized carbons (Fsp3) is 0.241. The standard InChI is InChI=1S/C29H30N4O6S/c1-18(2)14-22-23(16-20-10-6-4-7-11-20)33-27(26(22)28(35)29(30)36)24(15-19(3)31-33)39-17-25(34)32-40(37,38)21-12-8-5-9-13-21/h4-13,15,18H,14,16-17H2,1-3H3,(H2,30,36)(H,32,34). The van der Waals surface area contributed by atoms with E-state index in [-0.39, 0.29) is 27.6 Å². The summed E-state index contributed by atoms with van der Waals surface area (Å²) in [6.45, 7) is 5.02. The number of nitrogens with two attached hydrogens (primary N) is 1. The largest absolute Gasteiger partial charge is 0.481 e. The Balaban J connectivity index is 1.80. The monoisotopic (exact) mass is 562 g/mol. The number of hydrogen-bond acceptors (Lipinski definition) is 7. The molecule has 2 aromatic heterocycles. The first-order valence-corrected chi connectivity index (χ1v) is 14.1. The first kappa shape index (κ1) is 28.5. The number of carbonyl (C=O) groups is 3. The van der Waals surface area contributed by atoms with E-state index in [9.17, 15) is 22.8 Å². The van der Waals surface area contributed by atoms with Gasteiger partial charge < -0.3 is 10.5 Å². The zero-order valence-electron chi connectivity index (χ0n) is 22.4. The van der Waals surface area contributed by atoms with E-state index in [2.05, 4.69) is 5.10 Å². The number of nitrogens with zero attached hydrogens (tertiary/aromatic N) is 2. The number of nitrogens with one attached hydrogen (secondary N) is 1. The molecule has 0 bridgehead atoms. The zero-order valence-corrected chi connectivity index (χ0v) is 23.2. The van der Waals surface area contributed by atoms with E-state index in [0.29, 0.717) is 29.8 Å². The van der Waals surface area contributed by atoms with E-state index in [1.165, 1.54) is 30.3 Å². The van der Waals surface area contributed by atoms with Crippen LogP contribution in [0.3, 0.4) is 0 Å². The molecule has 0 aliphatic heterocycles. The lowest BCUT2D eigenvalue weighted by Crippen LogP contribution is -2.34. The minimum Gasteiger partial charge on any atom is -0.481 e. The molecule has 40 heavy (non-hydrogen) atoms. The first-order chi connectivity index (χ1) is 19.0. The Morgan fingerprint density at radius 1 is 1.02 bits per heavy atom. The number of aromatic nitrogens is 2. The van der Waals surface area contributed by atoms with Crippen LogP contribution < -0.4 is 15.2 Å². The Morgan fingerprint density at radius 2 is 1.65 bits per heavy atom. The van der Waals surface area contributed by atoms with Crippen LogP contribution in [0.25, 0.3) is 5.52 Å². The lowest BCUT2D eigenvalue weighted by Gasteiger charge is -2.12. The molecule has 0 radical (unpaired) electrons. The molecule has 0 aliphatic rings. The molecule has 4 aromatic rings. The van der Waals surface area contributed by atoms with Crippen LogP contribution in [0.15, 0.2) is 71.6 Å². The van der Waals surface area contributed by atoms with Crippen molar-refractivity contribution in [2.24, 2.45) is 11.7 Å². The van der Waals surface area contributed by atoms with Gasteiger partial charge in [0.25, 0.3) is 27.6 Å². The Kier molecular flexibility index (Phi) is 8.34. The van der Waals surface area contributed by atoms with Gasteiger partial charge in [-0.05, 0) is 42.5 Å². The molecule has 2 heterocycles. The van der Waals surface area contributed by atoms with Crippen LogP contribution in [0.1, 0.15) is 46.7 Å². The lowest BCUT2D eigenvalue weighted by atomic mass is 9.94. The predicted octanol–water partition coefficient (Wildman–Crippen LogP) is 2.98. The van der Waals surface area contributed by atoms with Crippen molar-refractivity contribution in [1.82, 2.24) is 14.3 Å². The Labute approximate surface area is 232 Å². The summed E-state index contributed by atoms with van der Waals surface area (Å²) in [4.78, 5) is 37.9. The molecule has 0 saturated heterocycles. The second kappa shape index (κ2) is 11.7. The van der Waals surface area contributed by atoms with Crippen LogP contribution in [0.4, 0.5) is 0 Å². The van der Waals surface area contributed by atoms with Gasteiger partial charge in [-0.1, -0.05) is 62.4 Å². The molecule has 11 heteroatoms. The molecule has 0 atom stereocenters. The van der Waals surface area contributed by atoms with Crippen LogP contribution in [0, 0.1) is 12.8 Å². The van der Waals surface area contributed by atoms with Gasteiger partial charge >= 0.3 is 0 Å². The van der Waals surface area contributed by atoms with Gasteiger partial charge in [-0.15, -0.1) is 0 Å². The number of fused-ring (bicyclic) bond motifs is 1. The molecular weight excluding hydrogens is 532 g/mol. The second-order valence-corrected chi connectivity index (χ2v) is 11.5. The van der Waals surface area contributed by atoms with Crippen molar-refractivity contribution in [2.75, 3.05) is 6.61 Å². The normalized spacial score (nSPS) is 11.5. The van der Waals surface area contributed by atoms with Gasteiger partial charge in [0, 0.05) is 12.5 Å². The minimum absolute atomic E-state index is 0.0620. The van der Waals surface area contributed by atoms with Gasteiger partial charge in [0.2, 0.25) is 0 Å². The molecule has 2 amide bonds. The molecule has 4 rings (SSSR count). The molecule has 0 fully saturated rings. The third kappa shape index (κ3) is 6.20. The number of ketones is 1. The fourth-order valence-electron chi connectivity index (χ4n) is 4.50. The van der Waals surface area contributed by atoms with E-state index in [1.807, 2.05) is 48.9 Å².